The number of piperidine rings is 1. The van der Waals surface area contributed by atoms with Crippen LogP contribution in [-0.4, -0.2) is 47.3 Å². The molecule has 26 heavy (non-hydrogen) atoms. The van der Waals surface area contributed by atoms with Gasteiger partial charge in [-0.25, -0.2) is 0 Å². The van der Waals surface area contributed by atoms with Crippen LogP contribution in [0.3, 0.4) is 0 Å². The van der Waals surface area contributed by atoms with Gasteiger partial charge in [-0.1, -0.05) is 43.9 Å². The lowest BCUT2D eigenvalue weighted by Crippen LogP contribution is -2.49. The molecule has 0 spiro atoms. The van der Waals surface area contributed by atoms with Crippen molar-refractivity contribution in [1.82, 2.24) is 9.80 Å². The van der Waals surface area contributed by atoms with Gasteiger partial charge in [-0.3, -0.25) is 9.59 Å². The van der Waals surface area contributed by atoms with Crippen LogP contribution in [-0.2, 0) is 4.79 Å². The standard InChI is InChI=1S/C22H30N2O2/c25-21(18-8-6-3-7-9-18)23-14-17-12-13-20(16-23)24(15-17)22(26)19-10-4-1-2-5-11-19/h3,6-9,17,19-20H,1-2,4-5,10-16H2/t17-,20+/m0/s1. The summed E-state index contributed by atoms with van der Waals surface area (Å²) in [7, 11) is 0. The van der Waals surface area contributed by atoms with Gasteiger partial charge in [0.05, 0.1) is 0 Å². The minimum absolute atomic E-state index is 0.117. The first-order chi connectivity index (χ1) is 12.7. The lowest BCUT2D eigenvalue weighted by Gasteiger charge is -2.38. The van der Waals surface area contributed by atoms with Crippen LogP contribution in [0.15, 0.2) is 30.3 Å². The van der Waals surface area contributed by atoms with E-state index in [-0.39, 0.29) is 17.9 Å². The summed E-state index contributed by atoms with van der Waals surface area (Å²) in [5.74, 6) is 1.13. The Labute approximate surface area is 156 Å². The van der Waals surface area contributed by atoms with Crippen LogP contribution in [0.5, 0.6) is 0 Å². The number of hydrogen-bond acceptors (Lipinski definition) is 2. The summed E-state index contributed by atoms with van der Waals surface area (Å²) in [6.45, 7) is 2.33. The summed E-state index contributed by atoms with van der Waals surface area (Å²) < 4.78 is 0. The second-order valence-corrected chi connectivity index (χ2v) is 8.35. The normalized spacial score (nSPS) is 27.1. The molecule has 2 atom stereocenters. The van der Waals surface area contributed by atoms with Crippen LogP contribution in [0, 0.1) is 11.8 Å². The van der Waals surface area contributed by atoms with Crippen molar-refractivity contribution in [3.8, 4) is 0 Å². The maximum Gasteiger partial charge on any atom is 0.253 e. The van der Waals surface area contributed by atoms with Crippen LogP contribution in [0.2, 0.25) is 0 Å². The summed E-state index contributed by atoms with van der Waals surface area (Å²) >= 11 is 0. The molecular formula is C22H30N2O2. The van der Waals surface area contributed by atoms with Crippen molar-refractivity contribution in [2.24, 2.45) is 11.8 Å². The summed E-state index contributed by atoms with van der Waals surface area (Å²) in [6, 6.07) is 9.77. The Bertz CT molecular complexity index is 637. The monoisotopic (exact) mass is 354 g/mol. The van der Waals surface area contributed by atoms with Gasteiger partial charge in [0.1, 0.15) is 0 Å². The highest BCUT2D eigenvalue weighted by Crippen LogP contribution is 2.32. The number of hydrogen-bond donors (Lipinski definition) is 0. The maximum atomic E-state index is 13.2. The minimum atomic E-state index is 0.117. The van der Waals surface area contributed by atoms with Gasteiger partial charge in [0, 0.05) is 37.2 Å². The Morgan fingerprint density at radius 2 is 1.54 bits per heavy atom. The van der Waals surface area contributed by atoms with E-state index in [0.717, 1.165) is 44.3 Å². The van der Waals surface area contributed by atoms with Crippen LogP contribution in [0.1, 0.15) is 61.7 Å². The average Bonchev–Trinajstić information content (AvgIpc) is 3.14. The number of rotatable bonds is 2. The molecule has 1 aromatic carbocycles. The van der Waals surface area contributed by atoms with Gasteiger partial charge in [0.2, 0.25) is 5.91 Å². The fraction of sp³-hybridized carbons (Fsp3) is 0.636. The van der Waals surface area contributed by atoms with E-state index < -0.39 is 0 Å². The molecule has 2 amide bonds. The molecule has 1 saturated carbocycles. The number of carbonyl (C=O) groups excluding carboxylic acids is 2. The fourth-order valence-electron chi connectivity index (χ4n) is 5.04. The third kappa shape index (κ3) is 3.65. The highest BCUT2D eigenvalue weighted by molar-refractivity contribution is 5.94. The average molecular weight is 354 g/mol. The molecule has 0 N–H and O–H groups in total. The number of benzene rings is 1. The second-order valence-electron chi connectivity index (χ2n) is 8.35. The smallest absolute Gasteiger partial charge is 0.253 e. The zero-order chi connectivity index (χ0) is 17.9. The van der Waals surface area contributed by atoms with Crippen molar-refractivity contribution in [3.05, 3.63) is 35.9 Å². The van der Waals surface area contributed by atoms with E-state index in [0.29, 0.717) is 18.4 Å². The molecular weight excluding hydrogens is 324 g/mol. The lowest BCUT2D eigenvalue weighted by atomic mass is 9.91. The molecule has 1 aliphatic carbocycles. The first-order valence-electron chi connectivity index (χ1n) is 10.4. The van der Waals surface area contributed by atoms with Gasteiger partial charge in [-0.2, -0.15) is 0 Å². The van der Waals surface area contributed by atoms with Crippen LogP contribution in [0.25, 0.3) is 0 Å². The molecule has 4 nitrogen and oxygen atoms in total. The van der Waals surface area contributed by atoms with Crippen molar-refractivity contribution in [2.75, 3.05) is 19.6 Å². The number of amides is 2. The van der Waals surface area contributed by atoms with Crippen molar-refractivity contribution in [2.45, 2.75) is 57.4 Å². The topological polar surface area (TPSA) is 40.6 Å². The molecule has 4 fully saturated rings. The van der Waals surface area contributed by atoms with Crippen LogP contribution >= 0.6 is 0 Å². The predicted molar refractivity (Wildman–Crippen MR) is 102 cm³/mol. The third-order valence-corrected chi connectivity index (χ3v) is 6.51. The molecule has 1 aromatic rings. The second kappa shape index (κ2) is 7.81. The molecule has 3 aliphatic heterocycles. The highest BCUT2D eigenvalue weighted by atomic mass is 16.2. The molecule has 0 unspecified atom stereocenters. The summed E-state index contributed by atoms with van der Waals surface area (Å²) in [5.41, 5.74) is 0.760. The molecule has 0 aromatic heterocycles. The van der Waals surface area contributed by atoms with E-state index >= 15 is 0 Å². The molecule has 3 heterocycles. The van der Waals surface area contributed by atoms with Crippen molar-refractivity contribution in [1.29, 1.82) is 0 Å². The summed E-state index contributed by atoms with van der Waals surface area (Å²) in [6.07, 6.45) is 9.22. The lowest BCUT2D eigenvalue weighted by molar-refractivity contribution is -0.140. The molecule has 4 heteroatoms. The first kappa shape index (κ1) is 17.6. The van der Waals surface area contributed by atoms with E-state index in [4.69, 9.17) is 0 Å². The number of fused-ring (bicyclic) bond motifs is 4. The van der Waals surface area contributed by atoms with Gasteiger partial charge in [-0.15, -0.1) is 0 Å². The molecule has 140 valence electrons. The Morgan fingerprint density at radius 3 is 2.27 bits per heavy atom. The fourth-order valence-corrected chi connectivity index (χ4v) is 5.04. The zero-order valence-electron chi connectivity index (χ0n) is 15.6. The van der Waals surface area contributed by atoms with Gasteiger partial charge in [0.25, 0.3) is 5.91 Å². The Balaban J connectivity index is 1.48. The highest BCUT2D eigenvalue weighted by Gasteiger charge is 2.40. The number of carbonyl (C=O) groups is 2. The van der Waals surface area contributed by atoms with Gasteiger partial charge in [-0.05, 0) is 43.7 Å². The Hall–Kier alpha value is -1.84. The van der Waals surface area contributed by atoms with Gasteiger partial charge >= 0.3 is 0 Å². The minimum Gasteiger partial charge on any atom is -0.337 e. The molecule has 2 bridgehead atoms. The van der Waals surface area contributed by atoms with Gasteiger partial charge in [0.15, 0.2) is 0 Å². The van der Waals surface area contributed by atoms with Crippen LogP contribution in [0.4, 0.5) is 0 Å². The van der Waals surface area contributed by atoms with Gasteiger partial charge < -0.3 is 9.80 Å². The Morgan fingerprint density at radius 1 is 0.808 bits per heavy atom. The quantitative estimate of drug-likeness (QED) is 0.760. The third-order valence-electron chi connectivity index (χ3n) is 6.51. The SMILES string of the molecule is O=C(c1ccccc1)N1C[C@@H]2CC[C@H](C1)N(C(=O)C1CCCCCC1)C2. The zero-order valence-corrected chi connectivity index (χ0v) is 15.6. The summed E-state index contributed by atoms with van der Waals surface area (Å²) in [4.78, 5) is 30.3. The van der Waals surface area contributed by atoms with Crippen molar-refractivity contribution >= 4 is 11.8 Å². The first-order valence-corrected chi connectivity index (χ1v) is 10.4. The molecule has 5 rings (SSSR count). The maximum absolute atomic E-state index is 13.2. The number of nitrogens with zero attached hydrogens (tertiary/aromatic N) is 2. The molecule has 4 aliphatic rings. The largest absolute Gasteiger partial charge is 0.337 e. The van der Waals surface area contributed by atoms with E-state index in [2.05, 4.69) is 4.90 Å². The Kier molecular flexibility index (Phi) is 5.28. The van der Waals surface area contributed by atoms with Crippen LogP contribution < -0.4 is 0 Å². The molecule has 0 radical (unpaired) electrons. The van der Waals surface area contributed by atoms with E-state index in [9.17, 15) is 9.59 Å². The summed E-state index contributed by atoms with van der Waals surface area (Å²) in [5, 5.41) is 0. The van der Waals surface area contributed by atoms with Crippen molar-refractivity contribution in [3.63, 3.8) is 0 Å². The predicted octanol–water partition coefficient (Wildman–Crippen LogP) is 3.72. The van der Waals surface area contributed by atoms with E-state index in [1.165, 1.54) is 25.7 Å². The van der Waals surface area contributed by atoms with Crippen molar-refractivity contribution < 1.29 is 9.59 Å². The van der Waals surface area contributed by atoms with E-state index in [1.807, 2.05) is 35.2 Å². The molecule has 3 saturated heterocycles. The van der Waals surface area contributed by atoms with E-state index in [1.54, 1.807) is 0 Å².